The maximum absolute atomic E-state index is 14.7. The van der Waals surface area contributed by atoms with E-state index in [1.807, 2.05) is 13.8 Å². The molecular formula is C24H30F4N2O3. The molecule has 1 aromatic carbocycles. The average Bonchev–Trinajstić information content (AvgIpc) is 2.66. The van der Waals surface area contributed by atoms with E-state index in [1.165, 1.54) is 6.07 Å². The summed E-state index contributed by atoms with van der Waals surface area (Å²) >= 11 is 0. The number of pyridine rings is 1. The molecule has 0 spiro atoms. The van der Waals surface area contributed by atoms with Crippen molar-refractivity contribution in [2.24, 2.45) is 5.92 Å². The highest BCUT2D eigenvalue weighted by molar-refractivity contribution is 5.69. The number of carbonyl (C=O) groups excluding carboxylic acids is 1. The summed E-state index contributed by atoms with van der Waals surface area (Å²) in [4.78, 5) is 15.8. The number of hydrogen-bond acceptors (Lipinski definition) is 4. The molecule has 1 N–H and O–H groups in total. The summed E-state index contributed by atoms with van der Waals surface area (Å²) in [5.74, 6) is -1.91. The summed E-state index contributed by atoms with van der Waals surface area (Å²) < 4.78 is 66.1. The van der Waals surface area contributed by atoms with E-state index in [1.54, 1.807) is 27.7 Å². The van der Waals surface area contributed by atoms with Crippen LogP contribution in [-0.4, -0.2) is 28.8 Å². The van der Waals surface area contributed by atoms with Gasteiger partial charge >= 0.3 is 6.09 Å². The third kappa shape index (κ3) is 7.91. The fourth-order valence-electron chi connectivity index (χ4n) is 3.43. The number of carbonyl (C=O) groups is 1. The normalized spacial score (nSPS) is 13.7. The quantitative estimate of drug-likeness (QED) is 0.438. The summed E-state index contributed by atoms with van der Waals surface area (Å²) in [7, 11) is 0. The molecule has 2 aromatic rings. The largest absolute Gasteiger partial charge is 0.488 e. The van der Waals surface area contributed by atoms with E-state index in [0.29, 0.717) is 6.42 Å². The molecule has 0 aliphatic rings. The van der Waals surface area contributed by atoms with Gasteiger partial charge in [0.2, 0.25) is 0 Å². The third-order valence-electron chi connectivity index (χ3n) is 4.54. The highest BCUT2D eigenvalue weighted by atomic mass is 19.3. The molecule has 182 valence electrons. The van der Waals surface area contributed by atoms with Gasteiger partial charge in [0.25, 0.3) is 6.43 Å². The Kier molecular flexibility index (Phi) is 8.32. The van der Waals surface area contributed by atoms with E-state index in [4.69, 9.17) is 9.47 Å². The van der Waals surface area contributed by atoms with Crippen LogP contribution in [0.2, 0.25) is 0 Å². The van der Waals surface area contributed by atoms with Crippen LogP contribution in [0.3, 0.4) is 0 Å². The van der Waals surface area contributed by atoms with Gasteiger partial charge in [0.15, 0.2) is 11.6 Å². The Morgan fingerprint density at radius 3 is 2.33 bits per heavy atom. The highest BCUT2D eigenvalue weighted by Gasteiger charge is 2.31. The van der Waals surface area contributed by atoms with Gasteiger partial charge in [0, 0.05) is 17.8 Å². The first-order valence-corrected chi connectivity index (χ1v) is 10.6. The van der Waals surface area contributed by atoms with Crippen LogP contribution in [0.5, 0.6) is 5.75 Å². The molecule has 0 aliphatic carbocycles. The van der Waals surface area contributed by atoms with Crippen molar-refractivity contribution in [1.82, 2.24) is 10.3 Å². The summed E-state index contributed by atoms with van der Waals surface area (Å²) in [5, 5.41) is 2.76. The van der Waals surface area contributed by atoms with E-state index in [-0.39, 0.29) is 29.4 Å². The minimum atomic E-state index is -2.84. The van der Waals surface area contributed by atoms with Crippen LogP contribution in [0.25, 0.3) is 11.1 Å². The summed E-state index contributed by atoms with van der Waals surface area (Å²) in [6.07, 6.45) is -1.89. The SMILES string of the molecule is CC(C)C[C@@](C)(COc1cc(F)c(-c2ccnc(C(F)F)c2)cc1F)NC(=O)OC(C)(C)C. The second kappa shape index (κ2) is 10.4. The lowest BCUT2D eigenvalue weighted by Gasteiger charge is -2.33. The molecule has 0 unspecified atom stereocenters. The second-order valence-corrected chi connectivity index (χ2v) is 9.61. The predicted molar refractivity (Wildman–Crippen MR) is 117 cm³/mol. The van der Waals surface area contributed by atoms with E-state index >= 15 is 0 Å². The molecule has 33 heavy (non-hydrogen) atoms. The number of nitrogens with zero attached hydrogens (tertiary/aromatic N) is 1. The summed E-state index contributed by atoms with van der Waals surface area (Å²) in [5.41, 5.74) is -2.29. The fraction of sp³-hybridized carbons (Fsp3) is 0.500. The van der Waals surface area contributed by atoms with E-state index in [9.17, 15) is 22.4 Å². The van der Waals surface area contributed by atoms with Crippen molar-refractivity contribution in [3.8, 4) is 16.9 Å². The maximum Gasteiger partial charge on any atom is 0.408 e. The van der Waals surface area contributed by atoms with E-state index in [2.05, 4.69) is 10.3 Å². The Hall–Kier alpha value is -2.84. The summed E-state index contributed by atoms with van der Waals surface area (Å²) in [6, 6.07) is 4.06. The Morgan fingerprint density at radius 1 is 1.09 bits per heavy atom. The molecule has 1 amide bonds. The zero-order valence-electron chi connectivity index (χ0n) is 19.6. The molecule has 1 atom stereocenters. The van der Waals surface area contributed by atoms with E-state index in [0.717, 1.165) is 24.4 Å². The Bertz CT molecular complexity index is 977. The Labute approximate surface area is 191 Å². The van der Waals surface area contributed by atoms with Crippen LogP contribution >= 0.6 is 0 Å². The number of halogens is 4. The number of nitrogens with one attached hydrogen (secondary N) is 1. The minimum Gasteiger partial charge on any atom is -0.488 e. The topological polar surface area (TPSA) is 60.5 Å². The predicted octanol–water partition coefficient (Wildman–Crippen LogP) is 6.67. The number of hydrogen-bond donors (Lipinski definition) is 1. The number of alkyl halides is 2. The van der Waals surface area contributed by atoms with Crippen molar-refractivity contribution in [3.63, 3.8) is 0 Å². The van der Waals surface area contributed by atoms with Gasteiger partial charge in [-0.25, -0.2) is 22.4 Å². The molecule has 5 nitrogen and oxygen atoms in total. The van der Waals surface area contributed by atoms with Crippen molar-refractivity contribution in [2.75, 3.05) is 6.61 Å². The number of aromatic nitrogens is 1. The molecule has 9 heteroatoms. The van der Waals surface area contributed by atoms with Crippen molar-refractivity contribution in [1.29, 1.82) is 0 Å². The van der Waals surface area contributed by atoms with Crippen molar-refractivity contribution >= 4 is 6.09 Å². The molecule has 2 rings (SSSR count). The van der Waals surface area contributed by atoms with Crippen molar-refractivity contribution < 1.29 is 31.8 Å². The van der Waals surface area contributed by atoms with Gasteiger partial charge in [-0.1, -0.05) is 13.8 Å². The molecule has 0 saturated heterocycles. The molecule has 0 aliphatic heterocycles. The number of alkyl carbamates (subject to hydrolysis) is 1. The molecule has 0 saturated carbocycles. The number of amides is 1. The zero-order valence-corrected chi connectivity index (χ0v) is 19.6. The molecule has 1 aromatic heterocycles. The minimum absolute atomic E-state index is 0.0690. The Morgan fingerprint density at radius 2 is 1.76 bits per heavy atom. The lowest BCUT2D eigenvalue weighted by molar-refractivity contribution is 0.0406. The lowest BCUT2D eigenvalue weighted by Crippen LogP contribution is -2.52. The number of benzene rings is 1. The zero-order chi connectivity index (χ0) is 25.0. The van der Waals surface area contributed by atoms with Gasteiger partial charge in [-0.2, -0.15) is 0 Å². The van der Waals surface area contributed by atoms with Crippen LogP contribution in [0, 0.1) is 17.6 Å². The molecule has 0 fully saturated rings. The number of ether oxygens (including phenoxy) is 2. The highest BCUT2D eigenvalue weighted by Crippen LogP contribution is 2.31. The standard InChI is InChI=1S/C24H30F4N2O3/c1-14(2)12-24(6,30-22(31)33-23(3,4)5)13-32-20-11-17(25)16(10-18(20)26)15-7-8-29-19(9-15)21(27)28/h7-11,14,21H,12-13H2,1-6H3,(H,30,31)/t24-/m0/s1. The first-order chi connectivity index (χ1) is 15.2. The number of rotatable bonds is 8. The van der Waals surface area contributed by atoms with E-state index < -0.39 is 41.0 Å². The van der Waals surface area contributed by atoms with Gasteiger partial charge in [0.1, 0.15) is 23.7 Å². The lowest BCUT2D eigenvalue weighted by atomic mass is 9.91. The third-order valence-corrected chi connectivity index (χ3v) is 4.54. The van der Waals surface area contributed by atoms with Crippen LogP contribution in [0.4, 0.5) is 22.4 Å². The first kappa shape index (κ1) is 26.4. The van der Waals surface area contributed by atoms with Crippen LogP contribution in [-0.2, 0) is 4.74 Å². The molecule has 0 radical (unpaired) electrons. The molecular weight excluding hydrogens is 440 g/mol. The fourth-order valence-corrected chi connectivity index (χ4v) is 3.43. The first-order valence-electron chi connectivity index (χ1n) is 10.6. The van der Waals surface area contributed by atoms with Crippen LogP contribution < -0.4 is 10.1 Å². The summed E-state index contributed by atoms with van der Waals surface area (Å²) in [6.45, 7) is 10.7. The van der Waals surface area contributed by atoms with Gasteiger partial charge in [-0.05, 0) is 63.8 Å². The Balaban J connectivity index is 2.23. The van der Waals surface area contributed by atoms with Crippen molar-refractivity contribution in [2.45, 2.75) is 65.5 Å². The van der Waals surface area contributed by atoms with Gasteiger partial charge in [-0.15, -0.1) is 0 Å². The maximum atomic E-state index is 14.7. The van der Waals surface area contributed by atoms with Gasteiger partial charge < -0.3 is 14.8 Å². The van der Waals surface area contributed by atoms with Crippen molar-refractivity contribution in [3.05, 3.63) is 47.8 Å². The monoisotopic (exact) mass is 470 g/mol. The second-order valence-electron chi connectivity index (χ2n) is 9.61. The smallest absolute Gasteiger partial charge is 0.408 e. The average molecular weight is 471 g/mol. The van der Waals surface area contributed by atoms with Crippen LogP contribution in [0.1, 0.15) is 60.1 Å². The molecule has 0 bridgehead atoms. The van der Waals surface area contributed by atoms with Crippen LogP contribution in [0.15, 0.2) is 30.5 Å². The van der Waals surface area contributed by atoms with Gasteiger partial charge in [-0.3, -0.25) is 4.98 Å². The molecule has 1 heterocycles. The van der Waals surface area contributed by atoms with Gasteiger partial charge in [0.05, 0.1) is 5.54 Å².